The van der Waals surface area contributed by atoms with Gasteiger partial charge in [-0.1, -0.05) is 54.6 Å². The Morgan fingerprint density at radius 1 is 1.14 bits per heavy atom. The van der Waals surface area contributed by atoms with Gasteiger partial charge in [0, 0.05) is 18.7 Å². The summed E-state index contributed by atoms with van der Waals surface area (Å²) in [5.74, 6) is -0.0741. The number of benzene rings is 2. The monoisotopic (exact) mass is 393 g/mol. The van der Waals surface area contributed by atoms with Crippen LogP contribution in [0.1, 0.15) is 36.5 Å². The molecule has 0 aromatic heterocycles. The van der Waals surface area contributed by atoms with Gasteiger partial charge in [0.25, 0.3) is 0 Å². The highest BCUT2D eigenvalue weighted by Crippen LogP contribution is 2.26. The van der Waals surface area contributed by atoms with Crippen molar-refractivity contribution in [3.05, 3.63) is 77.5 Å². The summed E-state index contributed by atoms with van der Waals surface area (Å²) >= 11 is 0. The van der Waals surface area contributed by atoms with Crippen molar-refractivity contribution in [2.75, 3.05) is 32.8 Å². The van der Waals surface area contributed by atoms with Gasteiger partial charge in [-0.15, -0.1) is 0 Å². The summed E-state index contributed by atoms with van der Waals surface area (Å²) in [5, 5.41) is 0. The fourth-order valence-electron chi connectivity index (χ4n) is 3.82. The van der Waals surface area contributed by atoms with Crippen LogP contribution in [0.3, 0.4) is 0 Å². The smallest absolute Gasteiger partial charge is 0.310 e. The van der Waals surface area contributed by atoms with E-state index in [0.29, 0.717) is 13.2 Å². The summed E-state index contributed by atoms with van der Waals surface area (Å²) in [4.78, 5) is 14.3. The average Bonchev–Trinajstić information content (AvgIpc) is 2.76. The number of carbonyl (C=O) groups is 1. The Morgan fingerprint density at radius 2 is 1.90 bits per heavy atom. The average molecular weight is 394 g/mol. The van der Waals surface area contributed by atoms with Crippen LogP contribution in [0, 0.1) is 12.8 Å². The number of carbonyl (C=O) groups excluding carboxylic acids is 1. The van der Waals surface area contributed by atoms with Gasteiger partial charge in [-0.2, -0.15) is 0 Å². The number of hydrogen-bond donors (Lipinski definition) is 0. The van der Waals surface area contributed by atoms with E-state index in [-0.39, 0.29) is 11.9 Å². The van der Waals surface area contributed by atoms with E-state index in [1.54, 1.807) is 0 Å². The molecule has 0 radical (unpaired) electrons. The predicted octanol–water partition coefficient (Wildman–Crippen LogP) is 4.68. The van der Waals surface area contributed by atoms with E-state index in [0.717, 1.165) is 43.6 Å². The van der Waals surface area contributed by atoms with E-state index < -0.39 is 0 Å². The van der Waals surface area contributed by atoms with Crippen molar-refractivity contribution < 1.29 is 14.3 Å². The van der Waals surface area contributed by atoms with Gasteiger partial charge in [-0.25, -0.2) is 0 Å². The van der Waals surface area contributed by atoms with E-state index in [4.69, 9.17) is 9.47 Å². The maximum absolute atomic E-state index is 12.0. The van der Waals surface area contributed by atoms with Crippen LogP contribution in [-0.2, 0) is 14.3 Å². The second kappa shape index (κ2) is 10.8. The largest absolute Gasteiger partial charge is 0.499 e. The van der Waals surface area contributed by atoms with Crippen LogP contribution in [0.4, 0.5) is 0 Å². The van der Waals surface area contributed by atoms with Crippen molar-refractivity contribution in [2.45, 2.75) is 26.7 Å². The minimum absolute atomic E-state index is 0.00825. The summed E-state index contributed by atoms with van der Waals surface area (Å²) in [7, 11) is 0. The number of hydrogen-bond acceptors (Lipinski definition) is 4. The molecule has 2 aromatic carbocycles. The molecular formula is C25H31NO3. The van der Waals surface area contributed by atoms with Gasteiger partial charge >= 0.3 is 5.97 Å². The van der Waals surface area contributed by atoms with E-state index in [1.165, 1.54) is 11.1 Å². The highest BCUT2D eigenvalue weighted by atomic mass is 16.5. The molecule has 1 saturated heterocycles. The molecule has 1 fully saturated rings. The Balaban J connectivity index is 1.62. The van der Waals surface area contributed by atoms with Crippen LogP contribution < -0.4 is 0 Å². The third-order valence-corrected chi connectivity index (χ3v) is 5.37. The molecule has 0 spiro atoms. The first-order valence-electron chi connectivity index (χ1n) is 10.5. The molecule has 2 aromatic rings. The summed E-state index contributed by atoms with van der Waals surface area (Å²) in [5.41, 5.74) is 4.63. The molecule has 0 aliphatic carbocycles. The zero-order valence-electron chi connectivity index (χ0n) is 17.5. The molecule has 1 heterocycles. The molecule has 29 heavy (non-hydrogen) atoms. The second-order valence-electron chi connectivity index (χ2n) is 7.48. The maximum atomic E-state index is 12.0. The molecule has 4 nitrogen and oxygen atoms in total. The van der Waals surface area contributed by atoms with Crippen molar-refractivity contribution in [1.82, 2.24) is 4.90 Å². The van der Waals surface area contributed by atoms with Crippen molar-refractivity contribution in [3.8, 4) is 0 Å². The molecule has 1 unspecified atom stereocenters. The van der Waals surface area contributed by atoms with Gasteiger partial charge in [0.2, 0.25) is 0 Å². The maximum Gasteiger partial charge on any atom is 0.310 e. The summed E-state index contributed by atoms with van der Waals surface area (Å²) in [6.07, 6.45) is 3.82. The molecule has 0 bridgehead atoms. The highest BCUT2D eigenvalue weighted by molar-refractivity contribution is 5.80. The van der Waals surface area contributed by atoms with E-state index in [2.05, 4.69) is 48.2 Å². The van der Waals surface area contributed by atoms with Gasteiger partial charge in [0.1, 0.15) is 6.61 Å². The number of piperidine rings is 1. The van der Waals surface area contributed by atoms with E-state index in [9.17, 15) is 4.79 Å². The quantitative estimate of drug-likeness (QED) is 0.371. The van der Waals surface area contributed by atoms with Gasteiger partial charge in [-0.3, -0.25) is 9.69 Å². The molecule has 154 valence electrons. The van der Waals surface area contributed by atoms with Crippen molar-refractivity contribution in [2.24, 2.45) is 5.92 Å². The first-order chi connectivity index (χ1) is 14.2. The van der Waals surface area contributed by atoms with Crippen LogP contribution in [0.2, 0.25) is 0 Å². The predicted molar refractivity (Wildman–Crippen MR) is 116 cm³/mol. The van der Waals surface area contributed by atoms with E-state index in [1.807, 2.05) is 31.4 Å². The Labute approximate surface area is 174 Å². The Bertz CT molecular complexity index is 816. The van der Waals surface area contributed by atoms with Crippen LogP contribution in [0.25, 0.3) is 5.57 Å². The van der Waals surface area contributed by atoms with Crippen LogP contribution >= 0.6 is 0 Å². The Hall–Kier alpha value is -2.59. The molecule has 4 heteroatoms. The lowest BCUT2D eigenvalue weighted by atomic mass is 9.95. The molecule has 0 amide bonds. The first-order valence-corrected chi connectivity index (χ1v) is 10.5. The zero-order valence-corrected chi connectivity index (χ0v) is 17.5. The molecule has 1 aliphatic heterocycles. The topological polar surface area (TPSA) is 38.8 Å². The molecular weight excluding hydrogens is 362 g/mol. The number of nitrogens with zero attached hydrogens (tertiary/aromatic N) is 1. The van der Waals surface area contributed by atoms with Crippen molar-refractivity contribution in [3.63, 3.8) is 0 Å². The van der Waals surface area contributed by atoms with Crippen LogP contribution in [0.5, 0.6) is 0 Å². The van der Waals surface area contributed by atoms with Crippen molar-refractivity contribution in [1.29, 1.82) is 0 Å². The number of rotatable bonds is 8. The molecule has 1 aliphatic rings. The van der Waals surface area contributed by atoms with Crippen LogP contribution in [-0.4, -0.2) is 43.7 Å². The molecule has 0 N–H and O–H groups in total. The standard InChI is InChI=1S/C25H31NO3/c1-3-29-25(27)22-13-9-15-26(18-22)16-17-28-19-24(21-11-5-4-6-12-21)23-14-8-7-10-20(23)2/h4-8,10-12,14,19,22H,3,9,13,15-18H2,1-2H3. The van der Waals surface area contributed by atoms with Gasteiger partial charge in [0.05, 0.1) is 18.8 Å². The lowest BCUT2D eigenvalue weighted by molar-refractivity contribution is -0.150. The molecule has 1 atom stereocenters. The minimum atomic E-state index is -0.0658. The molecule has 0 saturated carbocycles. The van der Waals surface area contributed by atoms with Crippen molar-refractivity contribution >= 4 is 11.5 Å². The highest BCUT2D eigenvalue weighted by Gasteiger charge is 2.26. The fourth-order valence-corrected chi connectivity index (χ4v) is 3.82. The Morgan fingerprint density at radius 3 is 2.66 bits per heavy atom. The minimum Gasteiger partial charge on any atom is -0.499 e. The van der Waals surface area contributed by atoms with Gasteiger partial charge < -0.3 is 9.47 Å². The summed E-state index contributed by atoms with van der Waals surface area (Å²) in [6, 6.07) is 18.7. The summed E-state index contributed by atoms with van der Waals surface area (Å²) in [6.45, 7) is 7.60. The third-order valence-electron chi connectivity index (χ3n) is 5.37. The van der Waals surface area contributed by atoms with Crippen LogP contribution in [0.15, 0.2) is 60.9 Å². The first kappa shape index (κ1) is 21.1. The second-order valence-corrected chi connectivity index (χ2v) is 7.48. The molecule has 3 rings (SSSR count). The van der Waals surface area contributed by atoms with Gasteiger partial charge in [0.15, 0.2) is 0 Å². The van der Waals surface area contributed by atoms with Gasteiger partial charge in [-0.05, 0) is 49.9 Å². The number of likely N-dealkylation sites (tertiary alicyclic amines) is 1. The zero-order chi connectivity index (χ0) is 20.5. The lowest BCUT2D eigenvalue weighted by Crippen LogP contribution is -2.40. The summed E-state index contributed by atoms with van der Waals surface area (Å²) < 4.78 is 11.2. The third kappa shape index (κ3) is 5.94. The fraction of sp³-hybridized carbons (Fsp3) is 0.400. The lowest BCUT2D eigenvalue weighted by Gasteiger charge is -2.31. The Kier molecular flexibility index (Phi) is 7.88. The van der Waals surface area contributed by atoms with E-state index >= 15 is 0 Å². The number of aryl methyl sites for hydroxylation is 1. The SMILES string of the molecule is CCOC(=O)C1CCCN(CCOC=C(c2ccccc2)c2ccccc2C)C1. The number of ether oxygens (including phenoxy) is 2. The normalized spacial score (nSPS) is 17.7. The number of esters is 1.